The second-order valence-corrected chi connectivity index (χ2v) is 3.83. The summed E-state index contributed by atoms with van der Waals surface area (Å²) in [5.41, 5.74) is 4.29. The van der Waals surface area contributed by atoms with Crippen LogP contribution < -0.4 is 5.73 Å². The highest BCUT2D eigenvalue weighted by Crippen LogP contribution is 2.20. The number of nitrogens with zero attached hydrogens (tertiary/aromatic N) is 1. The molecule has 0 aliphatic heterocycles. The molecule has 0 unspecified atom stereocenters. The number of carbonyl (C=O) groups is 1. The van der Waals surface area contributed by atoms with Crippen molar-refractivity contribution in [3.8, 4) is 0 Å². The number of carbonyl (C=O) groups excluding carboxylic acids is 1. The number of aliphatic hydroxyl groups is 1. The van der Waals surface area contributed by atoms with Gasteiger partial charge < -0.3 is 20.5 Å². The summed E-state index contributed by atoms with van der Waals surface area (Å²) in [7, 11) is 1.43. The van der Waals surface area contributed by atoms with Crippen molar-refractivity contribution in [3.05, 3.63) is 29.3 Å². The maximum atomic E-state index is 13.7. The van der Waals surface area contributed by atoms with Gasteiger partial charge in [0.25, 0.3) is 5.91 Å². The lowest BCUT2D eigenvalue weighted by Crippen LogP contribution is -2.37. The predicted octanol–water partition coefficient (Wildman–Crippen LogP) is 0.628. The summed E-state index contributed by atoms with van der Waals surface area (Å²) in [4.78, 5) is 13.2. The van der Waals surface area contributed by atoms with E-state index >= 15 is 0 Å². The lowest BCUT2D eigenvalue weighted by Gasteiger charge is -2.22. The lowest BCUT2D eigenvalue weighted by atomic mass is 10.1. The monoisotopic (exact) mass is 274 g/mol. The summed E-state index contributed by atoms with van der Waals surface area (Å²) in [5, 5.41) is 8.88. The maximum Gasteiger partial charge on any atom is 0.260 e. The molecular formula is C12H16F2N2O3. The number of anilines is 1. The Kier molecular flexibility index (Phi) is 5.65. The van der Waals surface area contributed by atoms with Crippen LogP contribution in [0.1, 0.15) is 10.4 Å². The second kappa shape index (κ2) is 7.01. The average Bonchev–Trinajstić information content (AvgIpc) is 2.39. The zero-order valence-corrected chi connectivity index (χ0v) is 10.5. The number of aliphatic hydroxyl groups excluding tert-OH is 1. The summed E-state index contributed by atoms with van der Waals surface area (Å²) >= 11 is 0. The van der Waals surface area contributed by atoms with E-state index in [4.69, 9.17) is 15.6 Å². The van der Waals surface area contributed by atoms with Crippen molar-refractivity contribution in [3.63, 3.8) is 0 Å². The number of nitrogen functional groups attached to an aromatic ring is 1. The third-order valence-electron chi connectivity index (χ3n) is 2.56. The van der Waals surface area contributed by atoms with Crippen LogP contribution in [-0.2, 0) is 4.74 Å². The molecule has 7 heteroatoms. The molecule has 106 valence electrons. The highest BCUT2D eigenvalue weighted by Gasteiger charge is 2.24. The highest BCUT2D eigenvalue weighted by molar-refractivity contribution is 5.95. The smallest absolute Gasteiger partial charge is 0.260 e. The van der Waals surface area contributed by atoms with Crippen molar-refractivity contribution >= 4 is 11.6 Å². The lowest BCUT2D eigenvalue weighted by molar-refractivity contribution is 0.0647. The van der Waals surface area contributed by atoms with Gasteiger partial charge in [0, 0.05) is 20.2 Å². The Morgan fingerprint density at radius 1 is 1.42 bits per heavy atom. The SMILES string of the molecule is COCCN(CCO)C(=O)c1c(F)ccc(N)c1F. The van der Waals surface area contributed by atoms with E-state index in [-0.39, 0.29) is 32.0 Å². The number of benzene rings is 1. The maximum absolute atomic E-state index is 13.7. The molecule has 5 nitrogen and oxygen atoms in total. The van der Waals surface area contributed by atoms with E-state index in [0.29, 0.717) is 0 Å². The number of rotatable bonds is 6. The highest BCUT2D eigenvalue weighted by atomic mass is 19.1. The number of halogens is 2. The van der Waals surface area contributed by atoms with E-state index in [1.54, 1.807) is 0 Å². The van der Waals surface area contributed by atoms with Crippen LogP contribution in [0.3, 0.4) is 0 Å². The van der Waals surface area contributed by atoms with E-state index in [9.17, 15) is 13.6 Å². The minimum Gasteiger partial charge on any atom is -0.396 e. The van der Waals surface area contributed by atoms with Gasteiger partial charge in [-0.05, 0) is 12.1 Å². The summed E-state index contributed by atoms with van der Waals surface area (Å²) < 4.78 is 32.1. The van der Waals surface area contributed by atoms with Gasteiger partial charge in [-0.15, -0.1) is 0 Å². The first-order chi connectivity index (χ1) is 9.02. The van der Waals surface area contributed by atoms with Gasteiger partial charge in [-0.1, -0.05) is 0 Å². The van der Waals surface area contributed by atoms with Crippen LogP contribution in [0.2, 0.25) is 0 Å². The fraction of sp³-hybridized carbons (Fsp3) is 0.417. The van der Waals surface area contributed by atoms with Crippen molar-refractivity contribution in [1.82, 2.24) is 4.90 Å². The van der Waals surface area contributed by atoms with Crippen molar-refractivity contribution in [2.45, 2.75) is 0 Å². The first-order valence-electron chi connectivity index (χ1n) is 5.65. The van der Waals surface area contributed by atoms with Crippen molar-refractivity contribution in [2.24, 2.45) is 0 Å². The molecule has 19 heavy (non-hydrogen) atoms. The molecule has 0 atom stereocenters. The quantitative estimate of drug-likeness (QED) is 0.746. The Morgan fingerprint density at radius 3 is 2.68 bits per heavy atom. The average molecular weight is 274 g/mol. The normalized spacial score (nSPS) is 10.5. The summed E-state index contributed by atoms with van der Waals surface area (Å²) in [6.07, 6.45) is 0. The van der Waals surface area contributed by atoms with Crippen LogP contribution in [0.15, 0.2) is 12.1 Å². The molecule has 0 spiro atoms. The van der Waals surface area contributed by atoms with Gasteiger partial charge in [-0.3, -0.25) is 4.79 Å². The number of hydrogen-bond donors (Lipinski definition) is 2. The van der Waals surface area contributed by atoms with Gasteiger partial charge in [-0.2, -0.15) is 0 Å². The third kappa shape index (κ3) is 3.62. The number of hydrogen-bond acceptors (Lipinski definition) is 4. The topological polar surface area (TPSA) is 75.8 Å². The van der Waals surface area contributed by atoms with Gasteiger partial charge in [0.05, 0.1) is 18.9 Å². The third-order valence-corrected chi connectivity index (χ3v) is 2.56. The molecule has 0 radical (unpaired) electrons. The Morgan fingerprint density at radius 2 is 2.11 bits per heavy atom. The molecule has 0 aromatic heterocycles. The summed E-state index contributed by atoms with van der Waals surface area (Å²) in [5.74, 6) is -2.95. The van der Waals surface area contributed by atoms with Crippen LogP contribution in [0.25, 0.3) is 0 Å². The number of methoxy groups -OCH3 is 1. The standard InChI is InChI=1S/C12H16F2N2O3/c1-19-7-5-16(4-6-17)12(18)10-8(13)2-3-9(15)11(10)14/h2-3,17H,4-7,15H2,1H3. The zero-order valence-electron chi connectivity index (χ0n) is 10.5. The molecule has 0 aliphatic carbocycles. The van der Waals surface area contributed by atoms with Crippen LogP contribution in [0.4, 0.5) is 14.5 Å². The van der Waals surface area contributed by atoms with Crippen molar-refractivity contribution in [1.29, 1.82) is 0 Å². The Bertz CT molecular complexity index is 455. The summed E-state index contributed by atoms with van der Waals surface area (Å²) in [6, 6.07) is 1.98. The van der Waals surface area contributed by atoms with Crippen LogP contribution in [0.5, 0.6) is 0 Å². The van der Waals surface area contributed by atoms with Gasteiger partial charge in [0.2, 0.25) is 0 Å². The van der Waals surface area contributed by atoms with E-state index < -0.39 is 23.1 Å². The minimum absolute atomic E-state index is 0.0458. The molecular weight excluding hydrogens is 258 g/mol. The molecule has 0 bridgehead atoms. The number of nitrogens with two attached hydrogens (primary N) is 1. The van der Waals surface area contributed by atoms with Gasteiger partial charge in [-0.25, -0.2) is 8.78 Å². The molecule has 0 heterocycles. The van der Waals surface area contributed by atoms with Crippen LogP contribution in [-0.4, -0.2) is 49.3 Å². The van der Waals surface area contributed by atoms with Crippen molar-refractivity contribution in [2.75, 3.05) is 39.1 Å². The first kappa shape index (κ1) is 15.3. The number of ether oxygens (including phenoxy) is 1. The molecule has 1 aromatic rings. The molecule has 0 saturated carbocycles. The minimum atomic E-state index is -1.09. The second-order valence-electron chi connectivity index (χ2n) is 3.83. The van der Waals surface area contributed by atoms with E-state index in [2.05, 4.69) is 0 Å². The molecule has 1 aromatic carbocycles. The molecule has 0 saturated heterocycles. The molecule has 0 aliphatic rings. The molecule has 0 fully saturated rings. The largest absolute Gasteiger partial charge is 0.396 e. The molecule has 1 rings (SSSR count). The Hall–Kier alpha value is -1.73. The van der Waals surface area contributed by atoms with E-state index in [1.807, 2.05) is 0 Å². The molecule has 1 amide bonds. The molecule has 3 N–H and O–H groups in total. The fourth-order valence-corrected chi connectivity index (χ4v) is 1.56. The van der Waals surface area contributed by atoms with Crippen LogP contribution in [0, 0.1) is 11.6 Å². The Labute approximate surface area is 109 Å². The van der Waals surface area contributed by atoms with Gasteiger partial charge >= 0.3 is 0 Å². The summed E-state index contributed by atoms with van der Waals surface area (Å²) in [6.45, 7) is -0.0578. The Balaban J connectivity index is 3.05. The van der Waals surface area contributed by atoms with Gasteiger partial charge in [0.1, 0.15) is 11.4 Å². The fourth-order valence-electron chi connectivity index (χ4n) is 1.56. The van der Waals surface area contributed by atoms with Crippen LogP contribution >= 0.6 is 0 Å². The zero-order chi connectivity index (χ0) is 14.4. The van der Waals surface area contributed by atoms with Gasteiger partial charge in [0.15, 0.2) is 5.82 Å². The predicted molar refractivity (Wildman–Crippen MR) is 65.6 cm³/mol. The number of amides is 1. The first-order valence-corrected chi connectivity index (χ1v) is 5.65. The van der Waals surface area contributed by atoms with Crippen molar-refractivity contribution < 1.29 is 23.4 Å². The van der Waals surface area contributed by atoms with E-state index in [1.165, 1.54) is 7.11 Å². The van der Waals surface area contributed by atoms with E-state index in [0.717, 1.165) is 17.0 Å².